The second kappa shape index (κ2) is 29.2. The van der Waals surface area contributed by atoms with Crippen LogP contribution in [0.25, 0.3) is 0 Å². The van der Waals surface area contributed by atoms with Crippen molar-refractivity contribution < 1.29 is 65.7 Å². The fourth-order valence-corrected chi connectivity index (χ4v) is 1.37. The van der Waals surface area contributed by atoms with Gasteiger partial charge in [0.15, 0.2) is 0 Å². The number of halogens is 2. The van der Waals surface area contributed by atoms with Gasteiger partial charge in [0.2, 0.25) is 0 Å². The van der Waals surface area contributed by atoms with Crippen molar-refractivity contribution in [2.45, 2.75) is 71.3 Å². The topological polar surface area (TPSA) is 141 Å². The Balaban J connectivity index is -0.0000000400. The summed E-state index contributed by atoms with van der Waals surface area (Å²) in [6.07, 6.45) is 6.95. The molecule has 1 aliphatic rings. The maximum Gasteiger partial charge on any atom is 4.00 e. The molecule has 1 aliphatic carbocycles. The third kappa shape index (κ3) is 42.7. The van der Waals surface area contributed by atoms with Gasteiger partial charge in [0.05, 0.1) is 0 Å². The van der Waals surface area contributed by atoms with Crippen molar-refractivity contribution in [1.82, 2.24) is 6.15 Å². The molecule has 0 spiro atoms. The predicted octanol–water partition coefficient (Wildman–Crippen LogP) is -5.87. The minimum absolute atomic E-state index is 0. The maximum absolute atomic E-state index is 9.49. The Morgan fingerprint density at radius 3 is 1.27 bits per heavy atom. The van der Waals surface area contributed by atoms with Gasteiger partial charge >= 0.3 is 21.1 Å². The van der Waals surface area contributed by atoms with Crippen molar-refractivity contribution in [3.8, 4) is 0 Å². The molecule has 138 valence electrons. The number of hydrogen-bond donors (Lipinski definition) is 2. The number of nitrogens with two attached hydrogens (primary N) is 1. The Morgan fingerprint density at radius 2 is 1.23 bits per heavy atom. The summed E-state index contributed by atoms with van der Waals surface area (Å²) in [6.45, 7) is 3.60. The molecule has 9 heteroatoms. The predicted molar refractivity (Wildman–Crippen MR) is 71.3 cm³/mol. The quantitative estimate of drug-likeness (QED) is 0.363. The monoisotopic (exact) mass is 541 g/mol. The van der Waals surface area contributed by atoms with Crippen LogP contribution in [0.15, 0.2) is 0 Å². The summed E-state index contributed by atoms with van der Waals surface area (Å²) in [7, 11) is 0. The molecule has 22 heavy (non-hydrogen) atoms. The first kappa shape index (κ1) is 38.0. The third-order valence-corrected chi connectivity index (χ3v) is 2.31. The van der Waals surface area contributed by atoms with Gasteiger partial charge in [0.25, 0.3) is 0 Å². The maximum atomic E-state index is 9.49. The van der Waals surface area contributed by atoms with E-state index in [1.807, 2.05) is 0 Å². The molecule has 5 N–H and O–H groups in total. The van der Waals surface area contributed by atoms with Crippen LogP contribution in [0.5, 0.6) is 0 Å². The molecule has 0 aromatic carbocycles. The number of rotatable bonds is 4. The van der Waals surface area contributed by atoms with E-state index >= 15 is 0 Å². The number of carboxylic acids is 2. The largest absolute Gasteiger partial charge is 4.00 e. The summed E-state index contributed by atoms with van der Waals surface area (Å²) >= 11 is 0. The SMILES string of the molecule is CCCC(=O)[O-].CCCC(=O)[O-].N.NC1CCCC1.[Cl-].[Cl-].[Pt+4]. The fraction of sp³-hybridized carbons (Fsp3) is 0.846. The van der Waals surface area contributed by atoms with Crippen molar-refractivity contribution in [2.75, 3.05) is 0 Å². The van der Waals surface area contributed by atoms with Crippen LogP contribution in [0, 0.1) is 0 Å². The fourth-order valence-electron chi connectivity index (χ4n) is 1.37. The Labute approximate surface area is 160 Å². The second-order valence-electron chi connectivity index (χ2n) is 4.29. The first-order valence-electron chi connectivity index (χ1n) is 6.59. The van der Waals surface area contributed by atoms with Gasteiger partial charge in [-0.05, 0) is 25.7 Å². The first-order chi connectivity index (χ1) is 8.43. The smallest absolute Gasteiger partial charge is 1.00 e. The van der Waals surface area contributed by atoms with Gasteiger partial charge in [-0.15, -0.1) is 0 Å². The Hall–Kier alpha value is 0.128. The Kier molecular flexibility index (Phi) is 50.4. The van der Waals surface area contributed by atoms with E-state index in [1.54, 1.807) is 13.8 Å². The Bertz CT molecular complexity index is 216. The number of aliphatic carboxylic acids is 2. The van der Waals surface area contributed by atoms with Crippen molar-refractivity contribution in [3.05, 3.63) is 0 Å². The van der Waals surface area contributed by atoms with Crippen molar-refractivity contribution in [1.29, 1.82) is 0 Å². The zero-order chi connectivity index (χ0) is 14.4. The zero-order valence-corrected chi connectivity index (χ0v) is 17.0. The Morgan fingerprint density at radius 1 is 0.955 bits per heavy atom. The van der Waals surface area contributed by atoms with Gasteiger partial charge in [-0.2, -0.15) is 0 Å². The summed E-state index contributed by atoms with van der Waals surface area (Å²) in [5.74, 6) is -1.92. The van der Waals surface area contributed by atoms with Crippen LogP contribution in [0.1, 0.15) is 65.2 Å². The van der Waals surface area contributed by atoms with Crippen LogP contribution in [0.4, 0.5) is 0 Å². The van der Waals surface area contributed by atoms with Gasteiger partial charge in [-0.1, -0.05) is 39.5 Å². The molecule has 0 radical (unpaired) electrons. The summed E-state index contributed by atoms with van der Waals surface area (Å²) in [5.41, 5.74) is 5.53. The average Bonchev–Trinajstić information content (AvgIpc) is 2.70. The molecule has 1 rings (SSSR count). The van der Waals surface area contributed by atoms with E-state index < -0.39 is 11.9 Å². The molecule has 0 bridgehead atoms. The van der Waals surface area contributed by atoms with Crippen molar-refractivity contribution in [2.24, 2.45) is 5.73 Å². The van der Waals surface area contributed by atoms with Crippen LogP contribution in [-0.2, 0) is 30.7 Å². The third-order valence-electron chi connectivity index (χ3n) is 2.31. The van der Waals surface area contributed by atoms with Crippen molar-refractivity contribution >= 4 is 11.9 Å². The molecule has 1 saturated carbocycles. The van der Waals surface area contributed by atoms with E-state index in [0.29, 0.717) is 18.9 Å². The van der Waals surface area contributed by atoms with Gasteiger partial charge in [-0.3, -0.25) is 0 Å². The molecule has 6 nitrogen and oxygen atoms in total. The molecule has 0 unspecified atom stereocenters. The summed E-state index contributed by atoms with van der Waals surface area (Å²) in [4.78, 5) is 19.0. The summed E-state index contributed by atoms with van der Waals surface area (Å²) in [6, 6.07) is 0.546. The van der Waals surface area contributed by atoms with E-state index in [9.17, 15) is 19.8 Å². The molecule has 0 amide bonds. The molecule has 0 aromatic heterocycles. The standard InChI is InChI=1S/C5H11N.2C4H8O2.2ClH.H3N.Pt/c6-5-3-1-2-4-5;2*1-2-3-4(5)6;;;;/h5H,1-4,6H2;2*2-3H2,1H3,(H,5,6);2*1H;1H3;/q;;;;;;+4/p-4. The van der Waals surface area contributed by atoms with Crippen molar-refractivity contribution in [3.63, 3.8) is 0 Å². The molecular weight excluding hydrogens is 514 g/mol. The zero-order valence-electron chi connectivity index (χ0n) is 13.2. The van der Waals surface area contributed by atoms with E-state index in [-0.39, 0.29) is 64.9 Å². The molecule has 0 aromatic rings. The van der Waals surface area contributed by atoms with Gasteiger partial charge < -0.3 is 56.5 Å². The first-order valence-corrected chi connectivity index (χ1v) is 6.59. The number of carbonyl (C=O) groups excluding carboxylic acids is 2. The summed E-state index contributed by atoms with van der Waals surface area (Å²) < 4.78 is 0. The van der Waals surface area contributed by atoms with Crippen LogP contribution in [0.3, 0.4) is 0 Å². The van der Waals surface area contributed by atoms with Crippen LogP contribution in [-0.4, -0.2) is 18.0 Å². The normalized spacial score (nSPS) is 11.4. The van der Waals surface area contributed by atoms with Gasteiger partial charge in [0, 0.05) is 18.0 Å². The number of carbonyl (C=O) groups is 2. The van der Waals surface area contributed by atoms with Crippen LogP contribution in [0.2, 0.25) is 0 Å². The molecule has 0 heterocycles. The molecule has 0 aliphatic heterocycles. The molecular formula is C13H28Cl2N2O4Pt. The van der Waals surface area contributed by atoms with E-state index in [0.717, 1.165) is 0 Å². The van der Waals surface area contributed by atoms with Crippen LogP contribution < -0.4 is 46.9 Å². The minimum Gasteiger partial charge on any atom is -1.00 e. The summed E-state index contributed by atoms with van der Waals surface area (Å²) in [5, 5.41) is 19.0. The minimum atomic E-state index is -0.961. The molecule has 1 fully saturated rings. The van der Waals surface area contributed by atoms with Crippen LogP contribution >= 0.6 is 0 Å². The average molecular weight is 542 g/mol. The molecule has 0 saturated heterocycles. The van der Waals surface area contributed by atoms with Gasteiger partial charge in [-0.25, -0.2) is 0 Å². The number of carboxylic acid groups (broad SMARTS) is 2. The number of hydrogen-bond acceptors (Lipinski definition) is 6. The van der Waals surface area contributed by atoms with E-state index in [4.69, 9.17) is 5.73 Å². The molecule has 0 atom stereocenters. The van der Waals surface area contributed by atoms with E-state index in [1.165, 1.54) is 25.7 Å². The second-order valence-corrected chi connectivity index (χ2v) is 4.29. The van der Waals surface area contributed by atoms with Gasteiger partial charge in [0.1, 0.15) is 0 Å². The van der Waals surface area contributed by atoms with E-state index in [2.05, 4.69) is 0 Å².